The Labute approximate surface area is 162 Å². The number of aliphatic hydroxyl groups excluding tert-OH is 1. The van der Waals surface area contributed by atoms with Crippen LogP contribution in [-0.2, 0) is 0 Å². The molecular weight excluding hydrogens is 366 g/mol. The van der Waals surface area contributed by atoms with Gasteiger partial charge in [-0.1, -0.05) is 11.6 Å². The average molecular weight is 388 g/mol. The molecule has 1 unspecified atom stereocenters. The molecule has 7 heteroatoms. The summed E-state index contributed by atoms with van der Waals surface area (Å²) in [5.74, 6) is 1.20. The molecule has 0 spiro atoms. The smallest absolute Gasteiger partial charge is 0.227 e. The molecule has 0 saturated carbocycles. The van der Waals surface area contributed by atoms with Crippen LogP contribution < -0.4 is 10.1 Å². The van der Waals surface area contributed by atoms with Crippen molar-refractivity contribution in [1.82, 2.24) is 15.2 Å². The van der Waals surface area contributed by atoms with E-state index in [1.807, 2.05) is 30.3 Å². The lowest BCUT2D eigenvalue weighted by Gasteiger charge is -2.28. The number of halogens is 1. The maximum atomic E-state index is 10.2. The highest BCUT2D eigenvalue weighted by molar-refractivity contribution is 6.30. The average Bonchev–Trinajstić information content (AvgIpc) is 3.11. The molecule has 0 bridgehead atoms. The molecule has 2 aromatic carbocycles. The molecule has 0 aliphatic carbocycles. The number of nitrogens with one attached hydrogen (secondary N) is 1. The Morgan fingerprint density at radius 2 is 1.96 bits per heavy atom. The van der Waals surface area contributed by atoms with Gasteiger partial charge in [-0.3, -0.25) is 4.90 Å². The lowest BCUT2D eigenvalue weighted by molar-refractivity contribution is 0.0642. The van der Waals surface area contributed by atoms with Crippen molar-refractivity contribution in [3.8, 4) is 17.2 Å². The van der Waals surface area contributed by atoms with Crippen molar-refractivity contribution in [3.63, 3.8) is 0 Å². The highest BCUT2D eigenvalue weighted by Gasteiger charge is 2.15. The molecule has 1 saturated heterocycles. The maximum absolute atomic E-state index is 10.2. The van der Waals surface area contributed by atoms with Gasteiger partial charge in [0, 0.05) is 49.4 Å². The standard InChI is InChI=1S/C20H22ClN3O3/c21-15-3-1-14(2-4-15)20-23-18-11-17(5-6-19(18)27-20)26-13-16(25)12-24-9-7-22-8-10-24/h1-6,11,16,22,25H,7-10,12-13H2. The summed E-state index contributed by atoms with van der Waals surface area (Å²) in [6, 6.07) is 12.8. The van der Waals surface area contributed by atoms with E-state index in [1.54, 1.807) is 12.1 Å². The van der Waals surface area contributed by atoms with Gasteiger partial charge in [0.1, 0.15) is 24.0 Å². The van der Waals surface area contributed by atoms with Gasteiger partial charge in [0.15, 0.2) is 5.58 Å². The molecule has 0 amide bonds. The second-order valence-corrected chi connectivity index (χ2v) is 7.11. The van der Waals surface area contributed by atoms with E-state index in [-0.39, 0.29) is 6.61 Å². The number of nitrogens with zero attached hydrogens (tertiary/aromatic N) is 2. The molecular formula is C20H22ClN3O3. The Morgan fingerprint density at radius 3 is 2.74 bits per heavy atom. The van der Waals surface area contributed by atoms with Crippen LogP contribution in [0.5, 0.6) is 5.75 Å². The van der Waals surface area contributed by atoms with Crippen molar-refractivity contribution in [2.45, 2.75) is 6.10 Å². The first-order valence-corrected chi connectivity index (χ1v) is 9.46. The summed E-state index contributed by atoms with van der Waals surface area (Å²) in [5, 5.41) is 14.2. The molecule has 142 valence electrons. The molecule has 3 aromatic rings. The van der Waals surface area contributed by atoms with E-state index < -0.39 is 6.10 Å². The van der Waals surface area contributed by atoms with Crippen LogP contribution in [0.3, 0.4) is 0 Å². The van der Waals surface area contributed by atoms with Crippen molar-refractivity contribution >= 4 is 22.7 Å². The van der Waals surface area contributed by atoms with Gasteiger partial charge >= 0.3 is 0 Å². The fraction of sp³-hybridized carbons (Fsp3) is 0.350. The summed E-state index contributed by atoms with van der Waals surface area (Å²) in [6.45, 7) is 4.70. The van der Waals surface area contributed by atoms with Gasteiger partial charge in [0.05, 0.1) is 0 Å². The molecule has 2 N–H and O–H groups in total. The minimum Gasteiger partial charge on any atom is -0.491 e. The number of rotatable bonds is 6. The van der Waals surface area contributed by atoms with Gasteiger partial charge in [0.25, 0.3) is 0 Å². The molecule has 4 rings (SSSR count). The van der Waals surface area contributed by atoms with Crippen molar-refractivity contribution in [2.24, 2.45) is 0 Å². The molecule has 1 aliphatic rings. The van der Waals surface area contributed by atoms with E-state index in [9.17, 15) is 5.11 Å². The number of fused-ring (bicyclic) bond motifs is 1. The van der Waals surface area contributed by atoms with E-state index in [0.29, 0.717) is 34.3 Å². The van der Waals surface area contributed by atoms with Crippen LogP contribution in [0.15, 0.2) is 46.9 Å². The zero-order valence-corrected chi connectivity index (χ0v) is 15.7. The number of hydrogen-bond donors (Lipinski definition) is 2. The number of aromatic nitrogens is 1. The predicted octanol–water partition coefficient (Wildman–Crippen LogP) is 2.79. The fourth-order valence-corrected chi connectivity index (χ4v) is 3.28. The van der Waals surface area contributed by atoms with Crippen LogP contribution in [0.4, 0.5) is 0 Å². The number of piperazine rings is 1. The van der Waals surface area contributed by atoms with E-state index in [1.165, 1.54) is 0 Å². The summed E-state index contributed by atoms with van der Waals surface area (Å²) in [5.41, 5.74) is 2.27. The van der Waals surface area contributed by atoms with Gasteiger partial charge in [-0.05, 0) is 36.4 Å². The lowest BCUT2D eigenvalue weighted by Crippen LogP contribution is -2.47. The number of benzene rings is 2. The SMILES string of the molecule is OC(COc1ccc2oc(-c3ccc(Cl)cc3)nc2c1)CN1CCNCC1. The van der Waals surface area contributed by atoms with Crippen molar-refractivity contribution in [1.29, 1.82) is 0 Å². The van der Waals surface area contributed by atoms with Crippen LogP contribution >= 0.6 is 11.6 Å². The summed E-state index contributed by atoms with van der Waals surface area (Å²) < 4.78 is 11.6. The Kier molecular flexibility index (Phi) is 5.59. The summed E-state index contributed by atoms with van der Waals surface area (Å²) in [4.78, 5) is 6.77. The summed E-state index contributed by atoms with van der Waals surface area (Å²) in [6.07, 6.45) is -0.527. The molecule has 27 heavy (non-hydrogen) atoms. The minimum absolute atomic E-state index is 0.247. The summed E-state index contributed by atoms with van der Waals surface area (Å²) >= 11 is 5.93. The molecule has 1 atom stereocenters. The number of ether oxygens (including phenoxy) is 1. The highest BCUT2D eigenvalue weighted by Crippen LogP contribution is 2.27. The van der Waals surface area contributed by atoms with Crippen molar-refractivity contribution < 1.29 is 14.3 Å². The van der Waals surface area contributed by atoms with Crippen LogP contribution in [0.2, 0.25) is 5.02 Å². The van der Waals surface area contributed by atoms with Crippen molar-refractivity contribution in [3.05, 3.63) is 47.5 Å². The normalized spacial score (nSPS) is 16.5. The van der Waals surface area contributed by atoms with E-state index in [4.69, 9.17) is 20.8 Å². The fourth-order valence-electron chi connectivity index (χ4n) is 3.15. The largest absolute Gasteiger partial charge is 0.491 e. The quantitative estimate of drug-likeness (QED) is 0.677. The van der Waals surface area contributed by atoms with E-state index in [2.05, 4.69) is 15.2 Å². The van der Waals surface area contributed by atoms with Gasteiger partial charge < -0.3 is 19.6 Å². The maximum Gasteiger partial charge on any atom is 0.227 e. The Balaban J connectivity index is 1.40. The topological polar surface area (TPSA) is 70.8 Å². The molecule has 1 aromatic heterocycles. The first kappa shape index (κ1) is 18.3. The number of hydrogen-bond acceptors (Lipinski definition) is 6. The molecule has 2 heterocycles. The Hall–Kier alpha value is -2.12. The zero-order valence-electron chi connectivity index (χ0n) is 14.9. The summed E-state index contributed by atoms with van der Waals surface area (Å²) in [7, 11) is 0. The van der Waals surface area contributed by atoms with E-state index in [0.717, 1.165) is 31.7 Å². The van der Waals surface area contributed by atoms with Crippen LogP contribution in [-0.4, -0.2) is 60.4 Å². The minimum atomic E-state index is -0.527. The molecule has 1 fully saturated rings. The molecule has 6 nitrogen and oxygen atoms in total. The molecule has 1 aliphatic heterocycles. The third kappa shape index (κ3) is 4.59. The van der Waals surface area contributed by atoms with Crippen LogP contribution in [0.1, 0.15) is 0 Å². The zero-order chi connectivity index (χ0) is 18.6. The highest BCUT2D eigenvalue weighted by atomic mass is 35.5. The Morgan fingerprint density at radius 1 is 1.19 bits per heavy atom. The number of oxazole rings is 1. The first-order valence-electron chi connectivity index (χ1n) is 9.08. The first-order chi connectivity index (χ1) is 13.2. The third-order valence-electron chi connectivity index (χ3n) is 4.57. The second kappa shape index (κ2) is 8.27. The number of aliphatic hydroxyl groups is 1. The lowest BCUT2D eigenvalue weighted by atomic mass is 10.2. The van der Waals surface area contributed by atoms with Crippen molar-refractivity contribution in [2.75, 3.05) is 39.3 Å². The van der Waals surface area contributed by atoms with Crippen LogP contribution in [0.25, 0.3) is 22.6 Å². The third-order valence-corrected chi connectivity index (χ3v) is 4.82. The monoisotopic (exact) mass is 387 g/mol. The number of β-amino-alcohol motifs (C(OH)–C–C–N with tert-alkyl or cyclic N) is 1. The second-order valence-electron chi connectivity index (χ2n) is 6.67. The Bertz CT molecular complexity index is 891. The van der Waals surface area contributed by atoms with Gasteiger partial charge in [-0.15, -0.1) is 0 Å². The predicted molar refractivity (Wildman–Crippen MR) is 105 cm³/mol. The van der Waals surface area contributed by atoms with E-state index >= 15 is 0 Å². The van der Waals surface area contributed by atoms with Gasteiger partial charge in [-0.25, -0.2) is 4.98 Å². The molecule has 0 radical (unpaired) electrons. The van der Waals surface area contributed by atoms with Crippen LogP contribution in [0, 0.1) is 0 Å². The van der Waals surface area contributed by atoms with Gasteiger partial charge in [-0.2, -0.15) is 0 Å². The van der Waals surface area contributed by atoms with Gasteiger partial charge in [0.2, 0.25) is 5.89 Å².